The average Bonchev–Trinajstić information content (AvgIpc) is 3.10. The van der Waals surface area contributed by atoms with Crippen molar-refractivity contribution >= 4 is 11.9 Å². The first-order chi connectivity index (χ1) is 15.6. The number of ketones is 1. The lowest BCUT2D eigenvalue weighted by Gasteiger charge is -2.12. The molecule has 0 fully saturated rings. The topological polar surface area (TPSA) is 102 Å². The number of para-hydroxylation sites is 1. The van der Waals surface area contributed by atoms with E-state index in [0.717, 1.165) is 0 Å². The van der Waals surface area contributed by atoms with E-state index in [-0.39, 0.29) is 47.9 Å². The van der Waals surface area contributed by atoms with E-state index >= 15 is 0 Å². The molecule has 9 nitrogen and oxygen atoms in total. The highest BCUT2D eigenvalue weighted by Gasteiger charge is 2.32. The zero-order valence-corrected chi connectivity index (χ0v) is 18.0. The molecule has 2 aromatic rings. The second kappa shape index (κ2) is 12.1. The first-order valence-corrected chi connectivity index (χ1v) is 9.93. The van der Waals surface area contributed by atoms with Crippen LogP contribution in [0.2, 0.25) is 0 Å². The van der Waals surface area contributed by atoms with Gasteiger partial charge in [0.15, 0.2) is 19.3 Å². The molecule has 1 aliphatic rings. The molecule has 0 spiro atoms. The molecule has 2 aromatic carbocycles. The van der Waals surface area contributed by atoms with Crippen LogP contribution in [0.5, 0.6) is 23.0 Å². The van der Waals surface area contributed by atoms with E-state index < -0.39 is 0 Å². The molecule has 1 aliphatic heterocycles. The van der Waals surface area contributed by atoms with Crippen LogP contribution < -0.4 is 14.2 Å². The highest BCUT2D eigenvalue weighted by Crippen LogP contribution is 2.42. The normalized spacial score (nSPS) is 13.8. The van der Waals surface area contributed by atoms with Gasteiger partial charge in [-0.25, -0.2) is 0 Å². The minimum atomic E-state index is -0.377. The summed E-state index contributed by atoms with van der Waals surface area (Å²) in [7, 11) is 3.15. The minimum Gasteiger partial charge on any atom is -0.507 e. The van der Waals surface area contributed by atoms with Crippen LogP contribution in [0.4, 0.5) is 0 Å². The number of phenolic OH excluding ortho intramolecular Hbond substituents is 1. The summed E-state index contributed by atoms with van der Waals surface area (Å²) >= 11 is 0. The van der Waals surface area contributed by atoms with Gasteiger partial charge in [0.05, 0.1) is 26.4 Å². The van der Waals surface area contributed by atoms with Crippen molar-refractivity contribution < 1.29 is 43.1 Å². The van der Waals surface area contributed by atoms with Gasteiger partial charge in [-0.15, -0.1) is 0 Å². The molecule has 3 rings (SSSR count). The summed E-state index contributed by atoms with van der Waals surface area (Å²) in [6, 6.07) is 9.80. The second-order valence-corrected chi connectivity index (χ2v) is 6.62. The Balaban J connectivity index is 1.80. The van der Waals surface area contributed by atoms with E-state index in [9.17, 15) is 9.90 Å². The predicted molar refractivity (Wildman–Crippen MR) is 114 cm³/mol. The Morgan fingerprint density at radius 1 is 0.938 bits per heavy atom. The van der Waals surface area contributed by atoms with E-state index in [0.29, 0.717) is 37.7 Å². The summed E-state index contributed by atoms with van der Waals surface area (Å²) in [4.78, 5) is 13.0. The molecule has 32 heavy (non-hydrogen) atoms. The molecule has 1 heterocycles. The number of fused-ring (bicyclic) bond motifs is 1. The van der Waals surface area contributed by atoms with Crippen molar-refractivity contribution in [3.05, 3.63) is 53.3 Å². The molecule has 0 saturated carbocycles. The Labute approximate surface area is 186 Å². The number of allylic oxidation sites excluding steroid dienone is 1. The van der Waals surface area contributed by atoms with Crippen LogP contribution in [0.15, 0.2) is 42.2 Å². The SMILES string of the molecule is COCCOCOc1cc(OCOCCOC)c2c(c1)O/C(=C\c1ccccc1O)C2=O. The van der Waals surface area contributed by atoms with Gasteiger partial charge in [0.2, 0.25) is 5.78 Å². The number of hydrogen-bond acceptors (Lipinski definition) is 9. The Kier molecular flexibility index (Phi) is 8.88. The number of aromatic hydroxyl groups is 1. The van der Waals surface area contributed by atoms with E-state index in [2.05, 4.69) is 0 Å². The highest BCUT2D eigenvalue weighted by atomic mass is 16.7. The lowest BCUT2D eigenvalue weighted by molar-refractivity contribution is -0.0118. The third kappa shape index (κ3) is 6.21. The lowest BCUT2D eigenvalue weighted by atomic mass is 10.1. The molecule has 0 bridgehead atoms. The number of ether oxygens (including phenoxy) is 7. The van der Waals surface area contributed by atoms with Gasteiger partial charge in [0.25, 0.3) is 0 Å². The molecule has 9 heteroatoms. The van der Waals surface area contributed by atoms with Crippen molar-refractivity contribution in [3.8, 4) is 23.0 Å². The standard InChI is InChI=1S/C23H26O9/c1-26-7-9-28-14-30-17-12-19(31-15-29-10-8-27-2)22-20(13-17)32-21(23(22)25)11-16-5-3-4-6-18(16)24/h3-6,11-13,24H,7-10,14-15H2,1-2H3/b21-11-. The number of Topliss-reactive ketones (excluding diaryl/α,β-unsaturated/α-hetero) is 1. The average molecular weight is 446 g/mol. The molecule has 0 saturated heterocycles. The summed E-state index contributed by atoms with van der Waals surface area (Å²) in [6.45, 7) is 1.47. The summed E-state index contributed by atoms with van der Waals surface area (Å²) in [6.07, 6.45) is 1.48. The van der Waals surface area contributed by atoms with Crippen LogP contribution >= 0.6 is 0 Å². The molecule has 0 aliphatic carbocycles. The number of benzene rings is 2. The predicted octanol–water partition coefficient (Wildman–Crippen LogP) is 3.01. The summed E-state index contributed by atoms with van der Waals surface area (Å²) in [5.74, 6) is 0.630. The molecular weight excluding hydrogens is 420 g/mol. The van der Waals surface area contributed by atoms with Crippen molar-refractivity contribution in [2.45, 2.75) is 0 Å². The first kappa shape index (κ1) is 23.6. The van der Waals surface area contributed by atoms with Gasteiger partial charge in [-0.2, -0.15) is 0 Å². The third-order valence-electron chi connectivity index (χ3n) is 4.40. The maximum absolute atomic E-state index is 13.0. The quantitative estimate of drug-likeness (QED) is 0.283. The van der Waals surface area contributed by atoms with Crippen molar-refractivity contribution in [1.29, 1.82) is 0 Å². The van der Waals surface area contributed by atoms with Gasteiger partial charge in [0.1, 0.15) is 28.6 Å². The van der Waals surface area contributed by atoms with Gasteiger partial charge < -0.3 is 38.3 Å². The smallest absolute Gasteiger partial charge is 0.235 e. The molecule has 0 atom stereocenters. The van der Waals surface area contributed by atoms with Crippen LogP contribution in [0.1, 0.15) is 15.9 Å². The van der Waals surface area contributed by atoms with Crippen molar-refractivity contribution in [2.24, 2.45) is 0 Å². The Bertz CT molecular complexity index is 939. The maximum Gasteiger partial charge on any atom is 0.235 e. The molecule has 0 aromatic heterocycles. The largest absolute Gasteiger partial charge is 0.507 e. The van der Waals surface area contributed by atoms with Gasteiger partial charge >= 0.3 is 0 Å². The van der Waals surface area contributed by atoms with Gasteiger partial charge in [-0.3, -0.25) is 4.79 Å². The van der Waals surface area contributed by atoms with E-state index in [1.807, 2.05) is 0 Å². The number of methoxy groups -OCH3 is 2. The summed E-state index contributed by atoms with van der Waals surface area (Å²) < 4.78 is 37.6. The fourth-order valence-electron chi connectivity index (χ4n) is 2.82. The molecule has 1 N–H and O–H groups in total. The molecule has 0 radical (unpaired) electrons. The minimum absolute atomic E-state index is 0.0134. The molecular formula is C23H26O9. The number of carbonyl (C=O) groups is 1. The van der Waals surface area contributed by atoms with Gasteiger partial charge in [0, 0.05) is 31.9 Å². The maximum atomic E-state index is 13.0. The van der Waals surface area contributed by atoms with Crippen LogP contribution in [0, 0.1) is 0 Å². The van der Waals surface area contributed by atoms with Crippen LogP contribution in [-0.4, -0.2) is 65.1 Å². The molecule has 0 amide bonds. The van der Waals surface area contributed by atoms with Crippen LogP contribution in [0.3, 0.4) is 0 Å². The van der Waals surface area contributed by atoms with E-state index in [1.165, 1.54) is 12.1 Å². The van der Waals surface area contributed by atoms with Gasteiger partial charge in [-0.1, -0.05) is 18.2 Å². The molecule has 172 valence electrons. The van der Waals surface area contributed by atoms with E-state index in [4.69, 9.17) is 33.2 Å². The van der Waals surface area contributed by atoms with Crippen molar-refractivity contribution in [2.75, 3.05) is 54.2 Å². The first-order valence-electron chi connectivity index (χ1n) is 9.93. The number of carbonyl (C=O) groups excluding carboxylic acids is 1. The number of rotatable bonds is 13. The zero-order valence-electron chi connectivity index (χ0n) is 18.0. The fraction of sp³-hybridized carbons (Fsp3) is 0.348. The van der Waals surface area contributed by atoms with Crippen molar-refractivity contribution in [3.63, 3.8) is 0 Å². The molecule has 0 unspecified atom stereocenters. The lowest BCUT2D eigenvalue weighted by Crippen LogP contribution is -2.10. The highest BCUT2D eigenvalue weighted by molar-refractivity contribution is 6.16. The Hall–Kier alpha value is -3.11. The summed E-state index contributed by atoms with van der Waals surface area (Å²) in [5, 5.41) is 10.0. The van der Waals surface area contributed by atoms with Gasteiger partial charge in [-0.05, 0) is 12.1 Å². The van der Waals surface area contributed by atoms with Crippen molar-refractivity contribution in [1.82, 2.24) is 0 Å². The number of phenols is 1. The fourth-order valence-corrected chi connectivity index (χ4v) is 2.82. The monoisotopic (exact) mass is 446 g/mol. The second-order valence-electron chi connectivity index (χ2n) is 6.62. The summed E-state index contributed by atoms with van der Waals surface area (Å²) in [5.41, 5.74) is 0.701. The number of hydrogen-bond donors (Lipinski definition) is 1. The Morgan fingerprint density at radius 2 is 1.62 bits per heavy atom. The Morgan fingerprint density at radius 3 is 2.31 bits per heavy atom. The third-order valence-corrected chi connectivity index (χ3v) is 4.40. The van der Waals surface area contributed by atoms with Crippen LogP contribution in [0.25, 0.3) is 6.08 Å². The van der Waals surface area contributed by atoms with Crippen LogP contribution in [-0.2, 0) is 18.9 Å². The zero-order chi connectivity index (χ0) is 22.8. The van der Waals surface area contributed by atoms with E-state index in [1.54, 1.807) is 44.6 Å².